The Labute approximate surface area is 138 Å². The Bertz CT molecular complexity index is 578. The summed E-state index contributed by atoms with van der Waals surface area (Å²) in [6.45, 7) is 1.62. The van der Waals surface area contributed by atoms with Gasteiger partial charge in [-0.2, -0.15) is 23.5 Å². The number of halogens is 3. The largest absolute Gasteiger partial charge is 0.401 e. The van der Waals surface area contributed by atoms with E-state index in [1.54, 1.807) is 13.0 Å². The summed E-state index contributed by atoms with van der Waals surface area (Å²) >= 11 is 0. The van der Waals surface area contributed by atoms with E-state index in [1.165, 1.54) is 11.7 Å². The average Bonchev–Trinajstić information content (AvgIpc) is 2.79. The molecule has 0 saturated heterocycles. The molecule has 134 valence electrons. The molecule has 0 spiro atoms. The van der Waals surface area contributed by atoms with E-state index in [0.29, 0.717) is 24.5 Å². The lowest BCUT2D eigenvalue weighted by atomic mass is 10.4. The fraction of sp³-hybridized carbons (Fsp3) is 0.643. The Balaban J connectivity index is 2.33. The van der Waals surface area contributed by atoms with Crippen LogP contribution in [0.25, 0.3) is 0 Å². The van der Waals surface area contributed by atoms with Gasteiger partial charge >= 0.3 is 12.2 Å². The lowest BCUT2D eigenvalue weighted by molar-refractivity contribution is -0.143. The molecule has 0 saturated carbocycles. The van der Waals surface area contributed by atoms with Crippen molar-refractivity contribution in [3.05, 3.63) is 11.8 Å². The van der Waals surface area contributed by atoms with E-state index >= 15 is 0 Å². The third-order valence-corrected chi connectivity index (χ3v) is 3.03. The molecule has 1 heterocycles. The molecular weight excluding hydrogens is 325 g/mol. The number of anilines is 1. The summed E-state index contributed by atoms with van der Waals surface area (Å²) < 4.78 is 38.0. The third-order valence-electron chi connectivity index (χ3n) is 3.03. The maximum atomic E-state index is 12.2. The minimum absolute atomic E-state index is 0.221. The van der Waals surface area contributed by atoms with Crippen LogP contribution in [0.4, 0.5) is 23.8 Å². The Morgan fingerprint density at radius 2 is 2.21 bits per heavy atom. The molecule has 0 atom stereocenters. The molecule has 0 aliphatic rings. The number of carbonyl (C=O) groups is 1. The van der Waals surface area contributed by atoms with Crippen LogP contribution in [0.1, 0.15) is 18.5 Å². The third kappa shape index (κ3) is 7.82. The highest BCUT2D eigenvalue weighted by Gasteiger charge is 2.28. The van der Waals surface area contributed by atoms with Crippen molar-refractivity contribution < 1.29 is 18.0 Å². The summed E-state index contributed by atoms with van der Waals surface area (Å²) in [7, 11) is 1.38. The van der Waals surface area contributed by atoms with Crippen LogP contribution in [-0.2, 0) is 6.54 Å². The lowest BCUT2D eigenvalue weighted by Gasteiger charge is -2.18. The van der Waals surface area contributed by atoms with Gasteiger partial charge in [0.2, 0.25) is 0 Å². The first kappa shape index (κ1) is 19.8. The zero-order chi connectivity index (χ0) is 18.2. The van der Waals surface area contributed by atoms with E-state index < -0.39 is 18.8 Å². The van der Waals surface area contributed by atoms with Gasteiger partial charge in [0, 0.05) is 12.6 Å². The van der Waals surface area contributed by atoms with Gasteiger partial charge in [-0.3, -0.25) is 10.2 Å². The molecule has 0 radical (unpaired) electrons. The van der Waals surface area contributed by atoms with Crippen molar-refractivity contribution in [1.29, 1.82) is 5.26 Å². The molecule has 1 aromatic heterocycles. The van der Waals surface area contributed by atoms with Gasteiger partial charge in [0.25, 0.3) is 0 Å². The highest BCUT2D eigenvalue weighted by Crippen LogP contribution is 2.15. The van der Waals surface area contributed by atoms with E-state index in [2.05, 4.69) is 15.7 Å². The number of hydrogen-bond donors (Lipinski definition) is 2. The van der Waals surface area contributed by atoms with E-state index in [4.69, 9.17) is 5.26 Å². The topological polar surface area (TPSA) is 86.0 Å². The van der Waals surface area contributed by atoms with Crippen LogP contribution in [0.5, 0.6) is 0 Å². The highest BCUT2D eigenvalue weighted by atomic mass is 19.4. The van der Waals surface area contributed by atoms with Crippen molar-refractivity contribution in [3.8, 4) is 6.07 Å². The van der Waals surface area contributed by atoms with Crippen LogP contribution in [-0.4, -0.2) is 53.6 Å². The summed E-state index contributed by atoms with van der Waals surface area (Å²) in [5.74, 6) is 0.467. The van der Waals surface area contributed by atoms with E-state index in [1.807, 2.05) is 6.07 Å². The van der Waals surface area contributed by atoms with Crippen LogP contribution >= 0.6 is 0 Å². The monoisotopic (exact) mass is 346 g/mol. The van der Waals surface area contributed by atoms with E-state index in [0.717, 1.165) is 4.90 Å². The fourth-order valence-electron chi connectivity index (χ4n) is 2.07. The molecule has 0 bridgehead atoms. The smallest absolute Gasteiger partial charge is 0.338 e. The fourth-order valence-corrected chi connectivity index (χ4v) is 2.07. The van der Waals surface area contributed by atoms with Gasteiger partial charge in [-0.15, -0.1) is 0 Å². The predicted molar refractivity (Wildman–Crippen MR) is 82.4 cm³/mol. The molecule has 24 heavy (non-hydrogen) atoms. The van der Waals surface area contributed by atoms with Crippen LogP contribution in [0.15, 0.2) is 6.07 Å². The number of nitrogens with zero attached hydrogens (tertiary/aromatic N) is 4. The molecule has 0 unspecified atom stereocenters. The maximum Gasteiger partial charge on any atom is 0.401 e. The first-order valence-electron chi connectivity index (χ1n) is 7.43. The number of carbonyl (C=O) groups excluding carboxylic acids is 1. The van der Waals surface area contributed by atoms with Crippen molar-refractivity contribution in [2.45, 2.75) is 32.5 Å². The molecule has 0 aromatic carbocycles. The summed E-state index contributed by atoms with van der Waals surface area (Å²) in [5, 5.41) is 18.0. The summed E-state index contributed by atoms with van der Waals surface area (Å²) in [6, 6.07) is 3.21. The molecule has 1 aromatic rings. The quantitative estimate of drug-likeness (QED) is 0.706. The van der Waals surface area contributed by atoms with Gasteiger partial charge in [0.1, 0.15) is 5.82 Å². The first-order valence-corrected chi connectivity index (χ1v) is 7.43. The number of urea groups is 1. The second-order valence-corrected chi connectivity index (χ2v) is 5.39. The molecular formula is C14H21F3N6O. The summed E-state index contributed by atoms with van der Waals surface area (Å²) in [6.07, 6.45) is -3.56. The lowest BCUT2D eigenvalue weighted by Crippen LogP contribution is -2.35. The summed E-state index contributed by atoms with van der Waals surface area (Å²) in [5.41, 5.74) is 0.706. The van der Waals surface area contributed by atoms with Crippen molar-refractivity contribution in [3.63, 3.8) is 0 Å². The number of hydrogen-bond acceptors (Lipinski definition) is 4. The molecule has 7 nitrogen and oxygen atoms in total. The van der Waals surface area contributed by atoms with Crippen LogP contribution in [0.3, 0.4) is 0 Å². The molecule has 0 aliphatic carbocycles. The van der Waals surface area contributed by atoms with Gasteiger partial charge in [0.05, 0.1) is 31.3 Å². The van der Waals surface area contributed by atoms with Crippen molar-refractivity contribution in [2.24, 2.45) is 0 Å². The minimum atomic E-state index is -4.22. The zero-order valence-electron chi connectivity index (χ0n) is 13.7. The van der Waals surface area contributed by atoms with Crippen molar-refractivity contribution in [2.75, 3.05) is 32.0 Å². The van der Waals surface area contributed by atoms with Gasteiger partial charge in [-0.05, 0) is 26.9 Å². The van der Waals surface area contributed by atoms with E-state index in [-0.39, 0.29) is 19.5 Å². The molecule has 0 aliphatic heterocycles. The number of alkyl halides is 3. The molecule has 0 fully saturated rings. The second-order valence-electron chi connectivity index (χ2n) is 5.39. The van der Waals surface area contributed by atoms with Crippen LogP contribution in [0.2, 0.25) is 0 Å². The van der Waals surface area contributed by atoms with Crippen molar-refractivity contribution in [1.82, 2.24) is 20.0 Å². The minimum Gasteiger partial charge on any atom is -0.338 e. The number of rotatable bonds is 8. The normalized spacial score (nSPS) is 11.4. The molecule has 2 N–H and O–H groups in total. The SMILES string of the molecule is Cc1cc(NC(=O)NCCCN(C)CC(F)(F)F)n(CCC#N)n1. The van der Waals surface area contributed by atoms with E-state index in [9.17, 15) is 18.0 Å². The standard InChI is InChI=1S/C14H21F3N6O/c1-11-9-12(23(21-11)8-3-5-18)20-13(24)19-6-4-7-22(2)10-14(15,16)17/h9H,3-4,6-8,10H2,1-2H3,(H2,19,20,24). The Kier molecular flexibility index (Phi) is 7.51. The number of amides is 2. The first-order chi connectivity index (χ1) is 11.2. The van der Waals surface area contributed by atoms with Crippen LogP contribution < -0.4 is 10.6 Å². The van der Waals surface area contributed by atoms with Crippen LogP contribution in [0, 0.1) is 18.3 Å². The van der Waals surface area contributed by atoms with Gasteiger partial charge in [-0.25, -0.2) is 9.48 Å². The Morgan fingerprint density at radius 1 is 1.50 bits per heavy atom. The van der Waals surface area contributed by atoms with Gasteiger partial charge in [0.15, 0.2) is 0 Å². The number of aryl methyl sites for hydroxylation is 2. The van der Waals surface area contributed by atoms with Gasteiger partial charge in [-0.1, -0.05) is 0 Å². The van der Waals surface area contributed by atoms with Crippen molar-refractivity contribution >= 4 is 11.8 Å². The number of nitriles is 1. The average molecular weight is 346 g/mol. The summed E-state index contributed by atoms with van der Waals surface area (Å²) in [4.78, 5) is 13.0. The molecule has 2 amide bonds. The molecule has 10 heteroatoms. The maximum absolute atomic E-state index is 12.2. The number of aromatic nitrogens is 2. The number of nitrogens with one attached hydrogen (secondary N) is 2. The second kappa shape index (κ2) is 9.12. The predicted octanol–water partition coefficient (Wildman–Crippen LogP) is 2.11. The van der Waals surface area contributed by atoms with Gasteiger partial charge < -0.3 is 5.32 Å². The zero-order valence-corrected chi connectivity index (χ0v) is 13.7. The Hall–Kier alpha value is -2.28. The Morgan fingerprint density at radius 3 is 2.83 bits per heavy atom. The molecule has 1 rings (SSSR count). The highest BCUT2D eigenvalue weighted by molar-refractivity contribution is 5.88.